The number of anilines is 1. The Kier molecular flexibility index (Phi) is 6.24. The van der Waals surface area contributed by atoms with Gasteiger partial charge in [-0.25, -0.2) is 0 Å². The normalized spacial score (nSPS) is 10.3. The molecule has 0 saturated heterocycles. The molecular formula is C13H22N4O2. The number of nitrogens with two attached hydrogens (primary N) is 1. The average Bonchev–Trinajstić information content (AvgIpc) is 2.42. The van der Waals surface area contributed by atoms with Crippen molar-refractivity contribution in [2.24, 2.45) is 5.73 Å². The van der Waals surface area contributed by atoms with E-state index in [1.807, 2.05) is 6.07 Å². The average molecular weight is 266 g/mol. The molecule has 1 aromatic rings. The van der Waals surface area contributed by atoms with Crippen LogP contribution in [-0.2, 0) is 4.74 Å². The molecule has 0 aromatic carbocycles. The summed E-state index contributed by atoms with van der Waals surface area (Å²) in [6.07, 6.45) is 1.64. The summed E-state index contributed by atoms with van der Waals surface area (Å²) in [6, 6.07) is 3.66. The van der Waals surface area contributed by atoms with Crippen LogP contribution in [0.2, 0.25) is 0 Å². The molecule has 0 radical (unpaired) electrons. The van der Waals surface area contributed by atoms with Gasteiger partial charge in [0.2, 0.25) is 0 Å². The summed E-state index contributed by atoms with van der Waals surface area (Å²) in [6.45, 7) is 2.60. The summed E-state index contributed by atoms with van der Waals surface area (Å²) in [5.74, 6) is -0.110. The van der Waals surface area contributed by atoms with E-state index in [1.165, 1.54) is 4.90 Å². The van der Waals surface area contributed by atoms with Crippen LogP contribution in [0.25, 0.3) is 0 Å². The highest BCUT2D eigenvalue weighted by molar-refractivity contribution is 5.92. The zero-order valence-corrected chi connectivity index (χ0v) is 11.8. The second kappa shape index (κ2) is 7.70. The van der Waals surface area contributed by atoms with E-state index in [9.17, 15) is 4.79 Å². The Morgan fingerprint density at radius 2 is 2.16 bits per heavy atom. The second-order valence-electron chi connectivity index (χ2n) is 4.37. The number of amides is 1. The van der Waals surface area contributed by atoms with Gasteiger partial charge < -0.3 is 20.3 Å². The number of hydrogen-bond acceptors (Lipinski definition) is 5. The molecule has 0 atom stereocenters. The summed E-state index contributed by atoms with van der Waals surface area (Å²) < 4.78 is 5.08. The lowest BCUT2D eigenvalue weighted by atomic mass is 10.2. The molecule has 0 aliphatic heterocycles. The molecule has 6 nitrogen and oxygen atoms in total. The molecule has 1 aromatic heterocycles. The van der Waals surface area contributed by atoms with Crippen LogP contribution in [0.1, 0.15) is 10.5 Å². The first-order chi connectivity index (χ1) is 9.10. The maximum Gasteiger partial charge on any atom is 0.272 e. The standard InChI is InChI=1S/C13H22N4O2/c1-16(2)13(18)12-10-11(4-6-15-12)17(7-5-14)8-9-19-3/h4,6,10H,5,7-9,14H2,1-3H3. The summed E-state index contributed by atoms with van der Waals surface area (Å²) in [4.78, 5) is 19.6. The number of rotatable bonds is 7. The van der Waals surface area contributed by atoms with Crippen molar-refractivity contribution in [3.05, 3.63) is 24.0 Å². The maximum absolute atomic E-state index is 11.9. The number of methoxy groups -OCH3 is 1. The predicted molar refractivity (Wildman–Crippen MR) is 75.4 cm³/mol. The predicted octanol–water partition coefficient (Wildman–Crippen LogP) is 0.195. The van der Waals surface area contributed by atoms with Crippen molar-refractivity contribution in [1.29, 1.82) is 0 Å². The lowest BCUT2D eigenvalue weighted by molar-refractivity contribution is 0.0822. The van der Waals surface area contributed by atoms with Crippen LogP contribution < -0.4 is 10.6 Å². The Balaban J connectivity index is 2.90. The molecule has 0 unspecified atom stereocenters. The van der Waals surface area contributed by atoms with Crippen molar-refractivity contribution >= 4 is 11.6 Å². The number of hydrogen-bond donors (Lipinski definition) is 1. The number of carbonyl (C=O) groups excluding carboxylic acids is 1. The molecule has 0 spiro atoms. The van der Waals surface area contributed by atoms with Gasteiger partial charge in [-0.3, -0.25) is 9.78 Å². The van der Waals surface area contributed by atoms with Crippen molar-refractivity contribution < 1.29 is 9.53 Å². The molecule has 106 valence electrons. The monoisotopic (exact) mass is 266 g/mol. The van der Waals surface area contributed by atoms with Crippen LogP contribution in [0, 0.1) is 0 Å². The van der Waals surface area contributed by atoms with Crippen LogP contribution >= 0.6 is 0 Å². The molecule has 0 bridgehead atoms. The minimum Gasteiger partial charge on any atom is -0.383 e. The molecule has 19 heavy (non-hydrogen) atoms. The van der Waals surface area contributed by atoms with Gasteiger partial charge in [0.15, 0.2) is 0 Å². The van der Waals surface area contributed by atoms with E-state index in [-0.39, 0.29) is 5.91 Å². The topological polar surface area (TPSA) is 71.7 Å². The maximum atomic E-state index is 11.9. The molecule has 1 rings (SSSR count). The minimum atomic E-state index is -0.110. The molecule has 0 fully saturated rings. The molecule has 0 aliphatic carbocycles. The van der Waals surface area contributed by atoms with Crippen molar-refractivity contribution in [3.8, 4) is 0 Å². The Morgan fingerprint density at radius 1 is 1.42 bits per heavy atom. The summed E-state index contributed by atoms with van der Waals surface area (Å²) in [7, 11) is 5.08. The van der Waals surface area contributed by atoms with Crippen LogP contribution in [0.3, 0.4) is 0 Å². The highest BCUT2D eigenvalue weighted by atomic mass is 16.5. The lowest BCUT2D eigenvalue weighted by Gasteiger charge is -2.24. The Labute approximate surface area is 114 Å². The fourth-order valence-electron chi connectivity index (χ4n) is 1.69. The van der Waals surface area contributed by atoms with E-state index in [2.05, 4.69) is 9.88 Å². The van der Waals surface area contributed by atoms with E-state index in [1.54, 1.807) is 33.5 Å². The highest BCUT2D eigenvalue weighted by Gasteiger charge is 2.12. The van der Waals surface area contributed by atoms with Gasteiger partial charge in [0.25, 0.3) is 5.91 Å². The van der Waals surface area contributed by atoms with Crippen LogP contribution in [0.4, 0.5) is 5.69 Å². The number of pyridine rings is 1. The number of ether oxygens (including phenoxy) is 1. The molecule has 2 N–H and O–H groups in total. The first-order valence-corrected chi connectivity index (χ1v) is 6.21. The fourth-order valence-corrected chi connectivity index (χ4v) is 1.69. The van der Waals surface area contributed by atoms with Crippen molar-refractivity contribution in [2.75, 3.05) is 52.3 Å². The highest BCUT2D eigenvalue weighted by Crippen LogP contribution is 2.14. The van der Waals surface area contributed by atoms with Crippen molar-refractivity contribution in [3.63, 3.8) is 0 Å². The SMILES string of the molecule is COCCN(CCN)c1ccnc(C(=O)N(C)C)c1. The number of nitrogens with zero attached hydrogens (tertiary/aromatic N) is 3. The summed E-state index contributed by atoms with van der Waals surface area (Å²) in [5.41, 5.74) is 6.98. The molecule has 1 heterocycles. The first-order valence-electron chi connectivity index (χ1n) is 6.21. The van der Waals surface area contributed by atoms with Crippen LogP contribution in [0.15, 0.2) is 18.3 Å². The van der Waals surface area contributed by atoms with E-state index in [0.29, 0.717) is 25.4 Å². The third-order valence-corrected chi connectivity index (χ3v) is 2.70. The quantitative estimate of drug-likeness (QED) is 0.763. The Morgan fingerprint density at radius 3 is 2.74 bits per heavy atom. The Bertz CT molecular complexity index is 409. The van der Waals surface area contributed by atoms with Crippen molar-refractivity contribution in [1.82, 2.24) is 9.88 Å². The zero-order valence-electron chi connectivity index (χ0n) is 11.8. The molecule has 6 heteroatoms. The van der Waals surface area contributed by atoms with Gasteiger partial charge in [0, 0.05) is 52.7 Å². The Hall–Kier alpha value is -1.66. The molecule has 1 amide bonds. The molecule has 0 saturated carbocycles. The first kappa shape index (κ1) is 15.4. The van der Waals surface area contributed by atoms with E-state index in [0.717, 1.165) is 12.2 Å². The van der Waals surface area contributed by atoms with Gasteiger partial charge in [0.1, 0.15) is 5.69 Å². The summed E-state index contributed by atoms with van der Waals surface area (Å²) in [5, 5.41) is 0. The van der Waals surface area contributed by atoms with Crippen molar-refractivity contribution in [2.45, 2.75) is 0 Å². The van der Waals surface area contributed by atoms with Gasteiger partial charge >= 0.3 is 0 Å². The van der Waals surface area contributed by atoms with E-state index < -0.39 is 0 Å². The fraction of sp³-hybridized carbons (Fsp3) is 0.538. The van der Waals surface area contributed by atoms with Gasteiger partial charge in [-0.1, -0.05) is 0 Å². The lowest BCUT2D eigenvalue weighted by Crippen LogP contribution is -2.32. The summed E-state index contributed by atoms with van der Waals surface area (Å²) >= 11 is 0. The molecular weight excluding hydrogens is 244 g/mol. The smallest absolute Gasteiger partial charge is 0.272 e. The number of carbonyl (C=O) groups is 1. The van der Waals surface area contributed by atoms with Gasteiger partial charge in [-0.2, -0.15) is 0 Å². The third kappa shape index (κ3) is 4.50. The zero-order chi connectivity index (χ0) is 14.3. The van der Waals surface area contributed by atoms with E-state index in [4.69, 9.17) is 10.5 Å². The van der Waals surface area contributed by atoms with Crippen LogP contribution in [-0.4, -0.2) is 63.2 Å². The largest absolute Gasteiger partial charge is 0.383 e. The van der Waals surface area contributed by atoms with Crippen LogP contribution in [0.5, 0.6) is 0 Å². The second-order valence-corrected chi connectivity index (χ2v) is 4.37. The van der Waals surface area contributed by atoms with Gasteiger partial charge in [0.05, 0.1) is 6.61 Å². The minimum absolute atomic E-state index is 0.110. The van der Waals surface area contributed by atoms with E-state index >= 15 is 0 Å². The molecule has 0 aliphatic rings. The third-order valence-electron chi connectivity index (χ3n) is 2.70. The van der Waals surface area contributed by atoms with Gasteiger partial charge in [-0.05, 0) is 12.1 Å². The van der Waals surface area contributed by atoms with Gasteiger partial charge in [-0.15, -0.1) is 0 Å². The number of aromatic nitrogens is 1.